The Balaban J connectivity index is 2.41. The molecule has 0 fully saturated rings. The van der Waals surface area contributed by atoms with E-state index >= 15 is 0 Å². The molecular formula is C12H13NO2. The standard InChI is InChI=1S/C12H13NO2/c1-2-13-6-5-10-7-9(8-14)3-4-11(10)12(13)15/h3-4,7-8H,2,5-6H2,1H3. The van der Waals surface area contributed by atoms with E-state index in [-0.39, 0.29) is 5.91 Å². The number of aldehydes is 1. The van der Waals surface area contributed by atoms with E-state index in [1.165, 1.54) is 0 Å². The van der Waals surface area contributed by atoms with Crippen LogP contribution in [0.5, 0.6) is 0 Å². The average Bonchev–Trinajstić information content (AvgIpc) is 2.29. The van der Waals surface area contributed by atoms with Crippen LogP contribution in [0.2, 0.25) is 0 Å². The average molecular weight is 203 g/mol. The maximum absolute atomic E-state index is 11.9. The van der Waals surface area contributed by atoms with Gasteiger partial charge in [-0.25, -0.2) is 0 Å². The summed E-state index contributed by atoms with van der Waals surface area (Å²) in [7, 11) is 0. The Morgan fingerprint density at radius 3 is 2.93 bits per heavy atom. The number of likely N-dealkylation sites (N-methyl/N-ethyl adjacent to an activating group) is 1. The van der Waals surface area contributed by atoms with Gasteiger partial charge in [-0.05, 0) is 31.0 Å². The van der Waals surface area contributed by atoms with Crippen molar-refractivity contribution < 1.29 is 9.59 Å². The molecular weight excluding hydrogens is 190 g/mol. The number of nitrogens with zero attached hydrogens (tertiary/aromatic N) is 1. The molecule has 1 aliphatic heterocycles. The van der Waals surface area contributed by atoms with E-state index in [2.05, 4.69) is 0 Å². The Morgan fingerprint density at radius 2 is 2.27 bits per heavy atom. The number of carbonyl (C=O) groups excluding carboxylic acids is 2. The quantitative estimate of drug-likeness (QED) is 0.683. The summed E-state index contributed by atoms with van der Waals surface area (Å²) in [5.41, 5.74) is 2.38. The van der Waals surface area contributed by atoms with Crippen LogP contribution in [0.4, 0.5) is 0 Å². The second kappa shape index (κ2) is 3.85. The van der Waals surface area contributed by atoms with Crippen LogP contribution in [0.1, 0.15) is 33.2 Å². The number of carbonyl (C=O) groups is 2. The Labute approximate surface area is 88.7 Å². The maximum atomic E-state index is 11.9. The van der Waals surface area contributed by atoms with Crippen LogP contribution in [-0.4, -0.2) is 30.2 Å². The summed E-state index contributed by atoms with van der Waals surface area (Å²) in [6.45, 7) is 3.47. The predicted octanol–water partition coefficient (Wildman–Crippen LogP) is 1.52. The van der Waals surface area contributed by atoms with Gasteiger partial charge in [0.05, 0.1) is 0 Å². The second-order valence-electron chi connectivity index (χ2n) is 3.67. The third-order valence-corrected chi connectivity index (χ3v) is 2.82. The molecule has 1 aliphatic rings. The lowest BCUT2D eigenvalue weighted by Gasteiger charge is -2.27. The van der Waals surface area contributed by atoms with Crippen LogP contribution in [0.3, 0.4) is 0 Å². The highest BCUT2D eigenvalue weighted by atomic mass is 16.2. The normalized spacial score (nSPS) is 15.0. The van der Waals surface area contributed by atoms with Crippen LogP contribution >= 0.6 is 0 Å². The minimum atomic E-state index is 0.0798. The molecule has 15 heavy (non-hydrogen) atoms. The summed E-state index contributed by atoms with van der Waals surface area (Å²) in [6, 6.07) is 5.26. The molecule has 78 valence electrons. The van der Waals surface area contributed by atoms with Crippen LogP contribution in [-0.2, 0) is 6.42 Å². The fraction of sp³-hybridized carbons (Fsp3) is 0.333. The minimum absolute atomic E-state index is 0.0798. The van der Waals surface area contributed by atoms with Gasteiger partial charge in [-0.1, -0.05) is 6.07 Å². The van der Waals surface area contributed by atoms with Crippen molar-refractivity contribution in [2.45, 2.75) is 13.3 Å². The third kappa shape index (κ3) is 1.65. The molecule has 2 rings (SSSR count). The van der Waals surface area contributed by atoms with Gasteiger partial charge in [-0.15, -0.1) is 0 Å². The molecule has 0 N–H and O–H groups in total. The summed E-state index contributed by atoms with van der Waals surface area (Å²) in [4.78, 5) is 24.3. The molecule has 0 aromatic heterocycles. The van der Waals surface area contributed by atoms with E-state index in [0.29, 0.717) is 5.56 Å². The lowest BCUT2D eigenvalue weighted by molar-refractivity contribution is 0.0748. The topological polar surface area (TPSA) is 37.4 Å². The second-order valence-corrected chi connectivity index (χ2v) is 3.67. The van der Waals surface area contributed by atoms with Crippen LogP contribution in [0, 0.1) is 0 Å². The van der Waals surface area contributed by atoms with Crippen molar-refractivity contribution in [2.75, 3.05) is 13.1 Å². The first-order valence-corrected chi connectivity index (χ1v) is 5.13. The van der Waals surface area contributed by atoms with Gasteiger partial charge >= 0.3 is 0 Å². The molecule has 0 aliphatic carbocycles. The molecule has 0 bridgehead atoms. The van der Waals surface area contributed by atoms with Crippen molar-refractivity contribution in [3.05, 3.63) is 34.9 Å². The van der Waals surface area contributed by atoms with Gasteiger partial charge in [-0.2, -0.15) is 0 Å². The Hall–Kier alpha value is -1.64. The number of hydrogen-bond acceptors (Lipinski definition) is 2. The third-order valence-electron chi connectivity index (χ3n) is 2.82. The zero-order valence-electron chi connectivity index (χ0n) is 8.69. The van der Waals surface area contributed by atoms with Gasteiger partial charge in [0.1, 0.15) is 6.29 Å². The molecule has 1 aromatic rings. The van der Waals surface area contributed by atoms with Crippen LogP contribution in [0.15, 0.2) is 18.2 Å². The van der Waals surface area contributed by atoms with Crippen LogP contribution < -0.4 is 0 Å². The molecule has 0 spiro atoms. The SMILES string of the molecule is CCN1CCc2cc(C=O)ccc2C1=O. The first-order chi connectivity index (χ1) is 7.26. The lowest BCUT2D eigenvalue weighted by Crippen LogP contribution is -2.37. The first-order valence-electron chi connectivity index (χ1n) is 5.13. The highest BCUT2D eigenvalue weighted by Gasteiger charge is 2.22. The first kappa shape index (κ1) is 9.90. The summed E-state index contributed by atoms with van der Waals surface area (Å²) in [6.07, 6.45) is 1.66. The monoisotopic (exact) mass is 203 g/mol. The smallest absolute Gasteiger partial charge is 0.254 e. The molecule has 3 heteroatoms. The number of hydrogen-bond donors (Lipinski definition) is 0. The molecule has 0 unspecified atom stereocenters. The van der Waals surface area contributed by atoms with Gasteiger partial charge in [-0.3, -0.25) is 9.59 Å². The van der Waals surface area contributed by atoms with E-state index in [4.69, 9.17) is 0 Å². The van der Waals surface area contributed by atoms with Crippen LogP contribution in [0.25, 0.3) is 0 Å². The minimum Gasteiger partial charge on any atom is -0.339 e. The Bertz CT molecular complexity index is 412. The summed E-state index contributed by atoms with van der Waals surface area (Å²) >= 11 is 0. The van der Waals surface area contributed by atoms with E-state index < -0.39 is 0 Å². The molecule has 3 nitrogen and oxygen atoms in total. The Morgan fingerprint density at radius 1 is 1.47 bits per heavy atom. The molecule has 1 aromatic carbocycles. The number of amides is 1. The van der Waals surface area contributed by atoms with E-state index in [1.54, 1.807) is 12.1 Å². The van der Waals surface area contributed by atoms with E-state index in [0.717, 1.165) is 36.9 Å². The van der Waals surface area contributed by atoms with Gasteiger partial charge in [0, 0.05) is 24.2 Å². The Kier molecular flexibility index (Phi) is 2.54. The van der Waals surface area contributed by atoms with Crippen molar-refractivity contribution in [1.29, 1.82) is 0 Å². The largest absolute Gasteiger partial charge is 0.339 e. The zero-order chi connectivity index (χ0) is 10.8. The van der Waals surface area contributed by atoms with Gasteiger partial charge in [0.15, 0.2) is 0 Å². The van der Waals surface area contributed by atoms with Gasteiger partial charge in [0.25, 0.3) is 5.91 Å². The maximum Gasteiger partial charge on any atom is 0.254 e. The number of fused-ring (bicyclic) bond motifs is 1. The predicted molar refractivity (Wildman–Crippen MR) is 57.1 cm³/mol. The van der Waals surface area contributed by atoms with Gasteiger partial charge in [0.2, 0.25) is 0 Å². The van der Waals surface area contributed by atoms with E-state index in [1.807, 2.05) is 17.9 Å². The molecule has 0 saturated heterocycles. The summed E-state index contributed by atoms with van der Waals surface area (Å²) < 4.78 is 0. The number of benzene rings is 1. The summed E-state index contributed by atoms with van der Waals surface area (Å²) in [5.74, 6) is 0.0798. The summed E-state index contributed by atoms with van der Waals surface area (Å²) in [5, 5.41) is 0. The van der Waals surface area contributed by atoms with Crippen molar-refractivity contribution in [1.82, 2.24) is 4.90 Å². The van der Waals surface area contributed by atoms with E-state index in [9.17, 15) is 9.59 Å². The van der Waals surface area contributed by atoms with Crippen molar-refractivity contribution in [3.63, 3.8) is 0 Å². The van der Waals surface area contributed by atoms with Crippen molar-refractivity contribution in [3.8, 4) is 0 Å². The number of rotatable bonds is 2. The van der Waals surface area contributed by atoms with Crippen molar-refractivity contribution >= 4 is 12.2 Å². The fourth-order valence-corrected chi connectivity index (χ4v) is 1.93. The highest BCUT2D eigenvalue weighted by molar-refractivity contribution is 5.97. The highest BCUT2D eigenvalue weighted by Crippen LogP contribution is 2.19. The fourth-order valence-electron chi connectivity index (χ4n) is 1.93. The van der Waals surface area contributed by atoms with Crippen molar-refractivity contribution in [2.24, 2.45) is 0 Å². The zero-order valence-corrected chi connectivity index (χ0v) is 8.69. The molecule has 0 saturated carbocycles. The molecule has 0 atom stereocenters. The molecule has 0 radical (unpaired) electrons. The van der Waals surface area contributed by atoms with Gasteiger partial charge < -0.3 is 4.90 Å². The molecule has 1 amide bonds. The lowest BCUT2D eigenvalue weighted by atomic mass is 9.97. The molecule has 1 heterocycles.